The Morgan fingerprint density at radius 1 is 1.22 bits per heavy atom. The van der Waals surface area contributed by atoms with Gasteiger partial charge in [0.25, 0.3) is 5.91 Å². The van der Waals surface area contributed by atoms with Crippen molar-refractivity contribution >= 4 is 45.5 Å². The summed E-state index contributed by atoms with van der Waals surface area (Å²) in [5, 5.41) is 14.9. The van der Waals surface area contributed by atoms with E-state index in [1.807, 2.05) is 18.2 Å². The van der Waals surface area contributed by atoms with Gasteiger partial charge < -0.3 is 20.9 Å². The largest absolute Gasteiger partial charge is 0.505 e. The van der Waals surface area contributed by atoms with Gasteiger partial charge in [-0.25, -0.2) is 4.99 Å². The number of benzene rings is 3. The molecule has 0 saturated carbocycles. The Hall–Kier alpha value is -3.25. The number of ether oxygens (including phenoxy) is 1. The van der Waals surface area contributed by atoms with Gasteiger partial charge in [-0.15, -0.1) is 11.6 Å². The second-order valence-electron chi connectivity index (χ2n) is 5.73. The zero-order valence-corrected chi connectivity index (χ0v) is 15.3. The van der Waals surface area contributed by atoms with Crippen LogP contribution in [0.15, 0.2) is 59.6 Å². The van der Waals surface area contributed by atoms with Gasteiger partial charge in [-0.1, -0.05) is 36.4 Å². The Morgan fingerprint density at radius 3 is 2.67 bits per heavy atom. The van der Waals surface area contributed by atoms with Crippen LogP contribution in [0.4, 0.5) is 11.4 Å². The van der Waals surface area contributed by atoms with Crippen LogP contribution in [0.2, 0.25) is 0 Å². The number of nitrogens with two attached hydrogens (primary N) is 1. The third kappa shape index (κ3) is 3.80. The SMILES string of the molecule is COc1ccccc1NC(=O)c1cc2ccccc2c(N=C(N)CCl)c1O. The van der Waals surface area contributed by atoms with E-state index >= 15 is 0 Å². The number of rotatable bonds is 5. The van der Waals surface area contributed by atoms with Crippen molar-refractivity contribution < 1.29 is 14.6 Å². The Bertz CT molecular complexity index is 1030. The van der Waals surface area contributed by atoms with Crippen LogP contribution in [0.1, 0.15) is 10.4 Å². The quantitative estimate of drug-likeness (QED) is 0.352. The molecule has 0 atom stereocenters. The Morgan fingerprint density at radius 2 is 1.93 bits per heavy atom. The number of hydrogen-bond acceptors (Lipinski definition) is 4. The zero-order valence-electron chi connectivity index (χ0n) is 14.6. The van der Waals surface area contributed by atoms with Crippen LogP contribution in [0.25, 0.3) is 10.8 Å². The van der Waals surface area contributed by atoms with Crippen LogP contribution in [-0.4, -0.2) is 29.8 Å². The molecule has 0 unspecified atom stereocenters. The van der Waals surface area contributed by atoms with Gasteiger partial charge in [-0.05, 0) is 23.6 Å². The lowest BCUT2D eigenvalue weighted by Gasteiger charge is -2.13. The molecule has 0 aromatic heterocycles. The number of alkyl halides is 1. The van der Waals surface area contributed by atoms with Crippen molar-refractivity contribution in [2.75, 3.05) is 18.3 Å². The summed E-state index contributed by atoms with van der Waals surface area (Å²) >= 11 is 5.72. The van der Waals surface area contributed by atoms with Crippen LogP contribution < -0.4 is 15.8 Å². The molecule has 0 radical (unpaired) electrons. The third-order valence-electron chi connectivity index (χ3n) is 3.99. The molecule has 0 aliphatic carbocycles. The maximum Gasteiger partial charge on any atom is 0.259 e. The Labute approximate surface area is 161 Å². The van der Waals surface area contributed by atoms with Crippen LogP contribution in [0.5, 0.6) is 11.5 Å². The van der Waals surface area contributed by atoms with Crippen molar-refractivity contribution in [2.45, 2.75) is 0 Å². The molecule has 6 nitrogen and oxygen atoms in total. The third-order valence-corrected chi connectivity index (χ3v) is 4.26. The first kappa shape index (κ1) is 18.5. The number of phenolic OH excluding ortho intramolecular Hbond substituents is 1. The van der Waals surface area contributed by atoms with Crippen LogP contribution in [0, 0.1) is 0 Å². The van der Waals surface area contributed by atoms with Gasteiger partial charge in [-0.3, -0.25) is 4.79 Å². The lowest BCUT2D eigenvalue weighted by atomic mass is 10.0. The number of carbonyl (C=O) groups is 1. The number of aliphatic imine (C=N–C) groups is 1. The standard InChI is InChI=1S/C20H18ClN3O3/c1-27-16-9-5-4-8-15(16)23-20(26)14-10-12-6-2-3-7-13(12)18(19(14)25)24-17(22)11-21/h2-10,25H,11H2,1H3,(H2,22,24)(H,23,26). The number of phenols is 1. The fourth-order valence-corrected chi connectivity index (χ4v) is 2.77. The molecule has 0 heterocycles. The van der Waals surface area contributed by atoms with Crippen molar-refractivity contribution in [3.05, 3.63) is 60.2 Å². The lowest BCUT2D eigenvalue weighted by molar-refractivity contribution is 0.102. The molecule has 7 heteroatoms. The van der Waals surface area contributed by atoms with E-state index in [0.717, 1.165) is 5.39 Å². The molecule has 0 fully saturated rings. The number of amides is 1. The van der Waals surface area contributed by atoms with Gasteiger partial charge in [0.2, 0.25) is 0 Å². The molecule has 138 valence electrons. The first-order chi connectivity index (χ1) is 13.0. The van der Waals surface area contributed by atoms with E-state index in [1.165, 1.54) is 7.11 Å². The number of para-hydroxylation sites is 2. The number of hydrogen-bond donors (Lipinski definition) is 3. The van der Waals surface area contributed by atoms with E-state index < -0.39 is 5.91 Å². The molecule has 3 aromatic rings. The van der Waals surface area contributed by atoms with Gasteiger partial charge in [0.1, 0.15) is 17.3 Å². The normalized spacial score (nSPS) is 11.4. The smallest absolute Gasteiger partial charge is 0.259 e. The molecule has 1 amide bonds. The van der Waals surface area contributed by atoms with Gasteiger partial charge in [0.05, 0.1) is 24.2 Å². The van der Waals surface area contributed by atoms with E-state index in [-0.39, 0.29) is 28.7 Å². The molecule has 3 rings (SSSR count). The predicted octanol–water partition coefficient (Wildman–Crippen LogP) is 4.03. The second kappa shape index (κ2) is 7.97. The average Bonchev–Trinajstić information content (AvgIpc) is 2.70. The van der Waals surface area contributed by atoms with E-state index in [4.69, 9.17) is 22.1 Å². The number of nitrogens with zero attached hydrogens (tertiary/aromatic N) is 1. The first-order valence-corrected chi connectivity index (χ1v) is 8.66. The van der Waals surface area contributed by atoms with Crippen molar-refractivity contribution in [1.29, 1.82) is 0 Å². The molecule has 27 heavy (non-hydrogen) atoms. The van der Waals surface area contributed by atoms with Crippen molar-refractivity contribution in [3.8, 4) is 11.5 Å². The van der Waals surface area contributed by atoms with Crippen molar-refractivity contribution in [2.24, 2.45) is 10.7 Å². The maximum absolute atomic E-state index is 12.8. The van der Waals surface area contributed by atoms with Crippen molar-refractivity contribution in [1.82, 2.24) is 0 Å². The minimum Gasteiger partial charge on any atom is -0.505 e. The van der Waals surface area contributed by atoms with E-state index in [1.54, 1.807) is 36.4 Å². The molecule has 3 aromatic carbocycles. The minimum atomic E-state index is -0.497. The van der Waals surface area contributed by atoms with Crippen LogP contribution in [0.3, 0.4) is 0 Å². The van der Waals surface area contributed by atoms with Gasteiger partial charge in [0, 0.05) is 5.39 Å². The summed E-state index contributed by atoms with van der Waals surface area (Å²) in [4.78, 5) is 17.0. The molecule has 4 N–H and O–H groups in total. The summed E-state index contributed by atoms with van der Waals surface area (Å²) in [6, 6.07) is 15.9. The fraction of sp³-hybridized carbons (Fsp3) is 0.100. The fourth-order valence-electron chi connectivity index (χ4n) is 2.71. The molecule has 0 aliphatic heterocycles. The summed E-state index contributed by atoms with van der Waals surface area (Å²) in [6.45, 7) is 0. The van der Waals surface area contributed by atoms with E-state index in [2.05, 4.69) is 10.3 Å². The van der Waals surface area contributed by atoms with E-state index in [0.29, 0.717) is 16.8 Å². The number of anilines is 1. The highest BCUT2D eigenvalue weighted by molar-refractivity contribution is 6.28. The second-order valence-corrected chi connectivity index (χ2v) is 6.00. The monoisotopic (exact) mass is 383 g/mol. The summed E-state index contributed by atoms with van der Waals surface area (Å²) < 4.78 is 5.24. The molecular weight excluding hydrogens is 366 g/mol. The van der Waals surface area contributed by atoms with Crippen LogP contribution in [-0.2, 0) is 0 Å². The average molecular weight is 384 g/mol. The summed E-state index contributed by atoms with van der Waals surface area (Å²) in [7, 11) is 1.51. The summed E-state index contributed by atoms with van der Waals surface area (Å²) in [6.07, 6.45) is 0. The first-order valence-electron chi connectivity index (χ1n) is 8.13. The topological polar surface area (TPSA) is 96.9 Å². The number of fused-ring (bicyclic) bond motifs is 1. The van der Waals surface area contributed by atoms with Gasteiger partial charge >= 0.3 is 0 Å². The number of aromatic hydroxyl groups is 1. The van der Waals surface area contributed by atoms with E-state index in [9.17, 15) is 9.90 Å². The Balaban J connectivity index is 2.11. The predicted molar refractivity (Wildman–Crippen MR) is 109 cm³/mol. The lowest BCUT2D eigenvalue weighted by Crippen LogP contribution is -2.14. The molecule has 0 bridgehead atoms. The number of halogens is 1. The maximum atomic E-state index is 12.8. The summed E-state index contributed by atoms with van der Waals surface area (Å²) in [5.74, 6) is -0.112. The molecule has 0 saturated heterocycles. The number of carbonyl (C=O) groups excluding carboxylic acids is 1. The summed E-state index contributed by atoms with van der Waals surface area (Å²) in [5.41, 5.74) is 6.51. The number of methoxy groups -OCH3 is 1. The number of amidine groups is 1. The zero-order chi connectivity index (χ0) is 19.4. The highest BCUT2D eigenvalue weighted by Crippen LogP contribution is 2.39. The van der Waals surface area contributed by atoms with Crippen molar-refractivity contribution in [3.63, 3.8) is 0 Å². The number of nitrogens with one attached hydrogen (secondary N) is 1. The van der Waals surface area contributed by atoms with Gasteiger partial charge in [0.15, 0.2) is 5.75 Å². The highest BCUT2D eigenvalue weighted by Gasteiger charge is 2.19. The highest BCUT2D eigenvalue weighted by atomic mass is 35.5. The minimum absolute atomic E-state index is 0.00536. The van der Waals surface area contributed by atoms with Crippen LogP contribution >= 0.6 is 11.6 Å². The Kier molecular flexibility index (Phi) is 5.47. The molecule has 0 aliphatic rings. The van der Waals surface area contributed by atoms with Gasteiger partial charge in [-0.2, -0.15) is 0 Å². The molecule has 0 spiro atoms. The molecular formula is C20H18ClN3O3.